The molecule has 0 saturated heterocycles. The molecule has 0 spiro atoms. The van der Waals surface area contributed by atoms with Crippen molar-refractivity contribution < 1.29 is 100 Å². The van der Waals surface area contributed by atoms with E-state index in [1.54, 1.807) is 24.3 Å². The van der Waals surface area contributed by atoms with Crippen LogP contribution in [0.3, 0.4) is 0 Å². The SMILES string of the molecule is C=O.CCCCOCCOCC(C)OCC(C)OCC(C)OCC(C)OCCOCCOCCOCCOCCOCCOCCOCCO.COC(=O)CCC(=O)OC/C=C/c1ccc(O)c(OC)c1. The minimum Gasteiger partial charge on any atom is -0.504 e. The molecular formula is C50H90O21. The molecule has 1 rings (SSSR count). The molecule has 4 unspecified atom stereocenters. The van der Waals surface area contributed by atoms with Crippen LogP contribution in [0.4, 0.5) is 0 Å². The molecule has 2 N–H and O–H groups in total. The number of aliphatic hydroxyl groups is 1. The number of phenolic OH excluding ortho intramolecular Hbond substituents is 1. The van der Waals surface area contributed by atoms with E-state index >= 15 is 0 Å². The summed E-state index contributed by atoms with van der Waals surface area (Å²) in [5.41, 5.74) is 0.801. The van der Waals surface area contributed by atoms with Gasteiger partial charge in [0.25, 0.3) is 0 Å². The zero-order valence-electron chi connectivity index (χ0n) is 43.9. The summed E-state index contributed by atoms with van der Waals surface area (Å²) in [6.45, 7) is 23.5. The van der Waals surface area contributed by atoms with E-state index in [1.165, 1.54) is 20.3 Å². The summed E-state index contributed by atoms with van der Waals surface area (Å²) in [5.74, 6) is -0.483. The second-order valence-corrected chi connectivity index (χ2v) is 15.3. The molecule has 21 nitrogen and oxygen atoms in total. The summed E-state index contributed by atoms with van der Waals surface area (Å²) < 4.78 is 86.6. The van der Waals surface area contributed by atoms with Crippen molar-refractivity contribution in [3.8, 4) is 11.5 Å². The van der Waals surface area contributed by atoms with Crippen molar-refractivity contribution >= 4 is 24.8 Å². The zero-order chi connectivity index (χ0) is 52.8. The average Bonchev–Trinajstić information content (AvgIpc) is 3.38. The first kappa shape index (κ1) is 69.7. The summed E-state index contributed by atoms with van der Waals surface area (Å²) in [7, 11) is 2.73. The van der Waals surface area contributed by atoms with Gasteiger partial charge in [0.15, 0.2) is 11.5 Å². The van der Waals surface area contributed by atoms with Gasteiger partial charge in [-0.1, -0.05) is 25.5 Å². The second-order valence-electron chi connectivity index (χ2n) is 15.3. The number of aliphatic hydroxyl groups excluding tert-OH is 1. The van der Waals surface area contributed by atoms with E-state index < -0.39 is 11.9 Å². The highest BCUT2D eigenvalue weighted by molar-refractivity contribution is 5.77. The van der Waals surface area contributed by atoms with Crippen LogP contribution in [0.5, 0.6) is 11.5 Å². The van der Waals surface area contributed by atoms with Crippen molar-refractivity contribution in [2.24, 2.45) is 0 Å². The van der Waals surface area contributed by atoms with E-state index in [9.17, 15) is 14.7 Å². The third-order valence-corrected chi connectivity index (χ3v) is 8.93. The summed E-state index contributed by atoms with van der Waals surface area (Å²) in [6, 6.07) is 4.87. The zero-order valence-corrected chi connectivity index (χ0v) is 43.9. The lowest BCUT2D eigenvalue weighted by molar-refractivity contribution is -0.148. The summed E-state index contributed by atoms with van der Waals surface area (Å²) in [5, 5.41) is 18.0. The number of rotatable bonds is 48. The Kier molecular flexibility index (Phi) is 53.4. The van der Waals surface area contributed by atoms with E-state index in [1.807, 2.05) is 34.5 Å². The lowest BCUT2D eigenvalue weighted by Crippen LogP contribution is -2.28. The fourth-order valence-electron chi connectivity index (χ4n) is 5.10. The molecule has 0 heterocycles. The molecule has 0 aliphatic heterocycles. The maximum absolute atomic E-state index is 11.3. The molecule has 4 atom stereocenters. The Morgan fingerprint density at radius 2 is 0.958 bits per heavy atom. The van der Waals surface area contributed by atoms with Crippen LogP contribution in [0.25, 0.3) is 6.08 Å². The number of unbranched alkanes of at least 4 members (excludes halogenated alkanes) is 1. The van der Waals surface area contributed by atoms with Crippen LogP contribution >= 0.6 is 0 Å². The number of hydrogen-bond donors (Lipinski definition) is 2. The fraction of sp³-hybridized carbons (Fsp3) is 0.780. The third kappa shape index (κ3) is 50.0. The molecule has 0 aromatic heterocycles. The van der Waals surface area contributed by atoms with Gasteiger partial charge in [0, 0.05) is 6.61 Å². The van der Waals surface area contributed by atoms with Gasteiger partial charge in [-0.3, -0.25) is 9.59 Å². The number of carbonyl (C=O) groups is 3. The average molecular weight is 1030 g/mol. The van der Waals surface area contributed by atoms with Crippen LogP contribution in [0, 0.1) is 0 Å². The van der Waals surface area contributed by atoms with Crippen molar-refractivity contribution in [1.29, 1.82) is 0 Å². The number of methoxy groups -OCH3 is 2. The molecule has 71 heavy (non-hydrogen) atoms. The smallest absolute Gasteiger partial charge is 0.306 e. The molecule has 0 fully saturated rings. The van der Waals surface area contributed by atoms with Crippen molar-refractivity contribution in [3.63, 3.8) is 0 Å². The topological polar surface area (TPSA) is 239 Å². The first-order valence-electron chi connectivity index (χ1n) is 24.4. The molecule has 0 saturated carbocycles. The standard InChI is InChI=1S/C34H70O14.C15H18O6.CH2O/c1-6-7-9-36-23-24-44-27-31(2)46-29-33(4)48-30-34(5)47-28-32(3)45-26-25-43-22-21-42-20-19-41-18-17-40-16-15-39-14-13-38-12-11-37-10-8-35;1-19-13-10-11(5-6-12(13)16)4-3-9-21-15(18)8-7-14(17)20-2;1-2/h31-35H,6-30H2,1-5H3;3-6,10,16H,7-9H2,1-2H3;1H2/b;4-3+;. The van der Waals surface area contributed by atoms with E-state index in [-0.39, 0.29) is 56.2 Å². The van der Waals surface area contributed by atoms with Gasteiger partial charge in [-0.05, 0) is 57.9 Å². The molecule has 416 valence electrons. The highest BCUT2D eigenvalue weighted by Crippen LogP contribution is 2.26. The van der Waals surface area contributed by atoms with Gasteiger partial charge in [-0.25, -0.2) is 0 Å². The molecular weight excluding hydrogens is 937 g/mol. The van der Waals surface area contributed by atoms with Gasteiger partial charge >= 0.3 is 11.9 Å². The molecule has 1 aromatic rings. The predicted molar refractivity (Wildman–Crippen MR) is 264 cm³/mol. The van der Waals surface area contributed by atoms with Crippen LogP contribution in [0.15, 0.2) is 24.3 Å². The Bertz CT molecular complexity index is 1340. The Hall–Kier alpha value is -3.39. The van der Waals surface area contributed by atoms with Crippen molar-refractivity contribution in [1.82, 2.24) is 0 Å². The Balaban J connectivity index is 0. The summed E-state index contributed by atoms with van der Waals surface area (Å²) in [4.78, 5) is 30.1. The van der Waals surface area contributed by atoms with Crippen LogP contribution < -0.4 is 4.74 Å². The molecule has 1 aromatic carbocycles. The van der Waals surface area contributed by atoms with Gasteiger partial charge in [-0.2, -0.15) is 0 Å². The Labute approximate surface area is 423 Å². The first-order valence-corrected chi connectivity index (χ1v) is 24.4. The summed E-state index contributed by atoms with van der Waals surface area (Å²) in [6.07, 6.45) is 5.47. The highest BCUT2D eigenvalue weighted by Gasteiger charge is 2.12. The van der Waals surface area contributed by atoms with Gasteiger partial charge in [0.05, 0.1) is 197 Å². The third-order valence-electron chi connectivity index (χ3n) is 8.93. The maximum atomic E-state index is 11.3. The largest absolute Gasteiger partial charge is 0.504 e. The Morgan fingerprint density at radius 3 is 1.41 bits per heavy atom. The predicted octanol–water partition coefficient (Wildman–Crippen LogP) is 4.27. The molecule has 21 heteroatoms. The van der Waals surface area contributed by atoms with E-state index in [0.717, 1.165) is 25.0 Å². The highest BCUT2D eigenvalue weighted by atomic mass is 16.6. The van der Waals surface area contributed by atoms with Gasteiger partial charge in [-0.15, -0.1) is 0 Å². The lowest BCUT2D eigenvalue weighted by Gasteiger charge is -2.21. The normalized spacial score (nSPS) is 12.8. The second kappa shape index (κ2) is 54.4. The number of benzene rings is 1. The minimum atomic E-state index is -0.465. The summed E-state index contributed by atoms with van der Waals surface area (Å²) >= 11 is 0. The van der Waals surface area contributed by atoms with Gasteiger partial charge in [0.1, 0.15) is 13.4 Å². The van der Waals surface area contributed by atoms with Gasteiger partial charge in [0.2, 0.25) is 0 Å². The quantitative estimate of drug-likeness (QED) is 0.0684. The molecule has 0 amide bonds. The van der Waals surface area contributed by atoms with Crippen LogP contribution in [-0.2, 0) is 85.4 Å². The number of esters is 2. The van der Waals surface area contributed by atoms with Gasteiger partial charge < -0.3 is 90.8 Å². The van der Waals surface area contributed by atoms with Crippen LogP contribution in [-0.4, -0.2) is 226 Å². The monoisotopic (exact) mass is 1030 g/mol. The number of phenols is 1. The molecule has 0 radical (unpaired) electrons. The Morgan fingerprint density at radius 1 is 0.549 bits per heavy atom. The number of hydrogen-bond acceptors (Lipinski definition) is 21. The minimum absolute atomic E-state index is 0.00229. The maximum Gasteiger partial charge on any atom is 0.306 e. The van der Waals surface area contributed by atoms with Crippen molar-refractivity contribution in [2.75, 3.05) is 173 Å². The van der Waals surface area contributed by atoms with E-state index in [0.29, 0.717) is 144 Å². The van der Waals surface area contributed by atoms with Crippen molar-refractivity contribution in [2.45, 2.75) is 84.7 Å². The van der Waals surface area contributed by atoms with E-state index in [2.05, 4.69) is 11.7 Å². The fourth-order valence-corrected chi connectivity index (χ4v) is 5.10. The van der Waals surface area contributed by atoms with Crippen LogP contribution in [0.1, 0.15) is 65.9 Å². The van der Waals surface area contributed by atoms with Crippen molar-refractivity contribution in [3.05, 3.63) is 29.8 Å². The number of aromatic hydroxyl groups is 1. The van der Waals surface area contributed by atoms with E-state index in [4.69, 9.17) is 81.0 Å². The number of ether oxygens (including phenoxy) is 16. The molecule has 0 bridgehead atoms. The first-order chi connectivity index (χ1) is 34.6. The van der Waals surface area contributed by atoms with Crippen LogP contribution in [0.2, 0.25) is 0 Å². The molecule has 0 aliphatic rings. The number of carbonyl (C=O) groups excluding carboxylic acids is 3. The molecule has 0 aliphatic carbocycles. The lowest BCUT2D eigenvalue weighted by atomic mass is 10.2.